The molecule has 1 atom stereocenters. The first-order chi connectivity index (χ1) is 12.6. The third-order valence-corrected chi connectivity index (χ3v) is 5.29. The van der Waals surface area contributed by atoms with Gasteiger partial charge in [-0.1, -0.05) is 18.2 Å². The highest BCUT2D eigenvalue weighted by molar-refractivity contribution is 7.98. The van der Waals surface area contributed by atoms with Crippen molar-refractivity contribution >= 4 is 23.6 Å². The molecule has 0 spiro atoms. The summed E-state index contributed by atoms with van der Waals surface area (Å²) in [6, 6.07) is 9.26. The van der Waals surface area contributed by atoms with Crippen LogP contribution in [-0.4, -0.2) is 46.3 Å². The Hall–Kier alpha value is -2.61. The lowest BCUT2D eigenvalue weighted by atomic mass is 10.2. The zero-order chi connectivity index (χ0) is 18.5. The molecule has 1 aliphatic heterocycles. The molecule has 2 heterocycles. The van der Waals surface area contributed by atoms with Gasteiger partial charge in [0.2, 0.25) is 5.91 Å². The highest BCUT2D eigenvalue weighted by atomic mass is 32.2. The quantitative estimate of drug-likeness (QED) is 0.774. The number of carbonyl (C=O) groups is 2. The SMILES string of the molecule is CNC(=O)[C@@H]1CCCN1C(=O)c1cnc(CSc2ccccc2)[nH]c1=O. The molecular weight excluding hydrogens is 352 g/mol. The highest BCUT2D eigenvalue weighted by Gasteiger charge is 2.35. The molecule has 3 rings (SSSR count). The van der Waals surface area contributed by atoms with Crippen molar-refractivity contribution in [3.63, 3.8) is 0 Å². The van der Waals surface area contributed by atoms with Crippen LogP contribution in [0.2, 0.25) is 0 Å². The Kier molecular flexibility index (Phi) is 5.72. The Morgan fingerprint density at radius 3 is 2.81 bits per heavy atom. The van der Waals surface area contributed by atoms with Gasteiger partial charge in [-0.05, 0) is 25.0 Å². The van der Waals surface area contributed by atoms with Crippen LogP contribution in [0.3, 0.4) is 0 Å². The number of carbonyl (C=O) groups excluding carboxylic acids is 2. The topological polar surface area (TPSA) is 95.2 Å². The number of rotatable bonds is 5. The molecule has 1 aromatic heterocycles. The number of benzene rings is 1. The van der Waals surface area contributed by atoms with E-state index in [-0.39, 0.29) is 11.5 Å². The van der Waals surface area contributed by atoms with Gasteiger partial charge in [0, 0.05) is 24.7 Å². The molecule has 136 valence electrons. The van der Waals surface area contributed by atoms with Gasteiger partial charge >= 0.3 is 0 Å². The van der Waals surface area contributed by atoms with Crippen molar-refractivity contribution in [2.24, 2.45) is 0 Å². The van der Waals surface area contributed by atoms with E-state index in [1.54, 1.807) is 11.8 Å². The second-order valence-corrected chi connectivity index (χ2v) is 6.99. The number of amides is 2. The van der Waals surface area contributed by atoms with Crippen LogP contribution in [0, 0.1) is 0 Å². The van der Waals surface area contributed by atoms with Gasteiger partial charge in [0.15, 0.2) is 0 Å². The van der Waals surface area contributed by atoms with Crippen molar-refractivity contribution < 1.29 is 9.59 Å². The number of hydrogen-bond acceptors (Lipinski definition) is 5. The molecule has 1 fully saturated rings. The first kappa shape index (κ1) is 18.2. The summed E-state index contributed by atoms with van der Waals surface area (Å²) in [6.07, 6.45) is 2.64. The third-order valence-electron chi connectivity index (χ3n) is 4.26. The van der Waals surface area contributed by atoms with E-state index >= 15 is 0 Å². The largest absolute Gasteiger partial charge is 0.357 e. The lowest BCUT2D eigenvalue weighted by Gasteiger charge is -2.22. The van der Waals surface area contributed by atoms with E-state index in [1.807, 2.05) is 30.3 Å². The average Bonchev–Trinajstić information content (AvgIpc) is 3.16. The molecule has 2 N–H and O–H groups in total. The van der Waals surface area contributed by atoms with Crippen molar-refractivity contribution in [1.29, 1.82) is 0 Å². The lowest BCUT2D eigenvalue weighted by Crippen LogP contribution is -2.46. The minimum atomic E-state index is -0.528. The number of nitrogens with one attached hydrogen (secondary N) is 2. The maximum atomic E-state index is 12.7. The number of likely N-dealkylation sites (tertiary alicyclic amines) is 1. The van der Waals surface area contributed by atoms with Crippen LogP contribution < -0.4 is 10.9 Å². The second-order valence-electron chi connectivity index (χ2n) is 5.95. The molecule has 7 nitrogen and oxygen atoms in total. The molecule has 0 aliphatic carbocycles. The third kappa shape index (κ3) is 3.96. The van der Waals surface area contributed by atoms with E-state index in [1.165, 1.54) is 18.1 Å². The zero-order valence-corrected chi connectivity index (χ0v) is 15.2. The van der Waals surface area contributed by atoms with Gasteiger partial charge in [-0.25, -0.2) is 4.98 Å². The number of thioether (sulfide) groups is 1. The molecule has 0 bridgehead atoms. The van der Waals surface area contributed by atoms with Crippen molar-refractivity contribution in [3.05, 3.63) is 58.3 Å². The fraction of sp³-hybridized carbons (Fsp3) is 0.333. The molecular formula is C18H20N4O3S. The van der Waals surface area contributed by atoms with E-state index in [9.17, 15) is 14.4 Å². The highest BCUT2D eigenvalue weighted by Crippen LogP contribution is 2.21. The minimum absolute atomic E-state index is 0.0331. The first-order valence-electron chi connectivity index (χ1n) is 8.38. The summed E-state index contributed by atoms with van der Waals surface area (Å²) in [5, 5.41) is 2.56. The summed E-state index contributed by atoms with van der Waals surface area (Å²) in [5.41, 5.74) is -0.509. The Bertz CT molecular complexity index is 853. The van der Waals surface area contributed by atoms with Gasteiger partial charge in [-0.2, -0.15) is 0 Å². The Morgan fingerprint density at radius 2 is 2.12 bits per heavy atom. The van der Waals surface area contributed by atoms with Crippen molar-refractivity contribution in [3.8, 4) is 0 Å². The number of aromatic nitrogens is 2. The standard InChI is InChI=1S/C18H20N4O3S/c1-19-17(24)14-8-5-9-22(14)18(25)13-10-20-15(21-16(13)23)11-26-12-6-3-2-4-7-12/h2-4,6-7,10,14H,5,8-9,11H2,1H3,(H,19,24)(H,20,21,23)/t14-/m0/s1. The molecule has 1 aliphatic rings. The predicted molar refractivity (Wildman–Crippen MR) is 99.0 cm³/mol. The predicted octanol–water partition coefficient (Wildman–Crippen LogP) is 1.41. The molecule has 1 aromatic carbocycles. The average molecular weight is 372 g/mol. The summed E-state index contributed by atoms with van der Waals surface area (Å²) < 4.78 is 0. The number of H-pyrrole nitrogens is 1. The van der Waals surface area contributed by atoms with Gasteiger partial charge in [-0.15, -0.1) is 11.8 Å². The van der Waals surface area contributed by atoms with Gasteiger partial charge in [0.25, 0.3) is 11.5 Å². The number of hydrogen-bond donors (Lipinski definition) is 2. The Labute approximate surface area is 155 Å². The van der Waals surface area contributed by atoms with Crippen LogP contribution in [-0.2, 0) is 10.5 Å². The van der Waals surface area contributed by atoms with Gasteiger partial charge in [0.1, 0.15) is 17.4 Å². The maximum absolute atomic E-state index is 12.7. The summed E-state index contributed by atoms with van der Waals surface area (Å²) in [5.74, 6) is 0.339. The molecule has 0 unspecified atom stereocenters. The van der Waals surface area contributed by atoms with Gasteiger partial charge in [-0.3, -0.25) is 14.4 Å². The number of likely N-dealkylation sites (N-methyl/N-ethyl adjacent to an activating group) is 1. The minimum Gasteiger partial charge on any atom is -0.357 e. The fourth-order valence-corrected chi connectivity index (χ4v) is 3.73. The van der Waals surface area contributed by atoms with E-state index in [0.717, 1.165) is 11.3 Å². The van der Waals surface area contributed by atoms with E-state index < -0.39 is 17.5 Å². The molecule has 26 heavy (non-hydrogen) atoms. The molecule has 2 aromatic rings. The first-order valence-corrected chi connectivity index (χ1v) is 9.37. The van der Waals surface area contributed by atoms with E-state index in [2.05, 4.69) is 15.3 Å². The molecule has 0 radical (unpaired) electrons. The molecule has 1 saturated heterocycles. The van der Waals surface area contributed by atoms with Crippen molar-refractivity contribution in [2.45, 2.75) is 29.5 Å². The zero-order valence-electron chi connectivity index (χ0n) is 14.4. The summed E-state index contributed by atoms with van der Waals surface area (Å²) in [7, 11) is 1.54. The van der Waals surface area contributed by atoms with Crippen molar-refractivity contribution in [2.75, 3.05) is 13.6 Å². The lowest BCUT2D eigenvalue weighted by molar-refractivity contribution is -0.124. The van der Waals surface area contributed by atoms with Crippen LogP contribution in [0.5, 0.6) is 0 Å². The van der Waals surface area contributed by atoms with Crippen LogP contribution in [0.4, 0.5) is 0 Å². The van der Waals surface area contributed by atoms with Crippen molar-refractivity contribution in [1.82, 2.24) is 20.2 Å². The molecule has 0 saturated carbocycles. The number of aromatic amines is 1. The van der Waals surface area contributed by atoms with Gasteiger partial charge in [0.05, 0.1) is 5.75 Å². The normalized spacial score (nSPS) is 16.5. The van der Waals surface area contributed by atoms with E-state index in [0.29, 0.717) is 24.5 Å². The monoisotopic (exact) mass is 372 g/mol. The summed E-state index contributed by atoms with van der Waals surface area (Å²) >= 11 is 1.55. The second kappa shape index (κ2) is 8.18. The fourth-order valence-electron chi connectivity index (χ4n) is 2.93. The Morgan fingerprint density at radius 1 is 1.35 bits per heavy atom. The smallest absolute Gasteiger partial charge is 0.263 e. The maximum Gasteiger partial charge on any atom is 0.263 e. The van der Waals surface area contributed by atoms with Crippen LogP contribution in [0.15, 0.2) is 46.2 Å². The van der Waals surface area contributed by atoms with Crippen LogP contribution in [0.1, 0.15) is 29.0 Å². The van der Waals surface area contributed by atoms with Gasteiger partial charge < -0.3 is 15.2 Å². The van der Waals surface area contributed by atoms with E-state index in [4.69, 9.17) is 0 Å². The molecule has 2 amide bonds. The molecule has 8 heteroatoms. The summed E-state index contributed by atoms with van der Waals surface area (Å²) in [6.45, 7) is 0.460. The summed E-state index contributed by atoms with van der Waals surface area (Å²) in [4.78, 5) is 46.3. The Balaban J connectivity index is 1.72. The van der Waals surface area contributed by atoms with Crippen LogP contribution in [0.25, 0.3) is 0 Å². The number of nitrogens with zero attached hydrogens (tertiary/aromatic N) is 2. The van der Waals surface area contributed by atoms with Crippen LogP contribution >= 0.6 is 11.8 Å².